The number of para-hydroxylation sites is 1. The average Bonchev–Trinajstić information content (AvgIpc) is 3.27. The molecular formula is C24H28N3O2+. The minimum atomic E-state index is -0.0330. The largest absolute Gasteiger partial charge is 0.494 e. The van der Waals surface area contributed by atoms with Crippen LogP contribution in [-0.2, 0) is 0 Å². The maximum absolute atomic E-state index is 13.0. The van der Waals surface area contributed by atoms with Crippen molar-refractivity contribution in [2.75, 3.05) is 32.8 Å². The molecular weight excluding hydrogens is 362 g/mol. The molecule has 2 N–H and O–H groups in total. The Morgan fingerprint density at radius 1 is 1.10 bits per heavy atom. The summed E-state index contributed by atoms with van der Waals surface area (Å²) in [5.41, 5.74) is 3.27. The van der Waals surface area contributed by atoms with Crippen molar-refractivity contribution in [3.63, 3.8) is 0 Å². The first-order chi connectivity index (χ1) is 14.2. The van der Waals surface area contributed by atoms with Gasteiger partial charge in [-0.15, -0.1) is 0 Å². The van der Waals surface area contributed by atoms with Crippen molar-refractivity contribution >= 4 is 16.8 Å². The minimum absolute atomic E-state index is 0.0330. The zero-order valence-corrected chi connectivity index (χ0v) is 16.9. The number of carbonyl (C=O) groups excluding carboxylic acids is 1. The molecule has 5 heteroatoms. The maximum Gasteiger partial charge on any atom is 0.252 e. The highest BCUT2D eigenvalue weighted by Crippen LogP contribution is 2.26. The van der Waals surface area contributed by atoms with Gasteiger partial charge in [0.25, 0.3) is 5.91 Å². The summed E-state index contributed by atoms with van der Waals surface area (Å²) >= 11 is 0. The van der Waals surface area contributed by atoms with Crippen LogP contribution in [-0.4, -0.2) is 43.7 Å². The third kappa shape index (κ3) is 4.57. The van der Waals surface area contributed by atoms with E-state index in [4.69, 9.17) is 9.72 Å². The molecule has 1 saturated heterocycles. The topological polar surface area (TPSA) is 55.7 Å². The fourth-order valence-corrected chi connectivity index (χ4v) is 3.97. The van der Waals surface area contributed by atoms with E-state index in [0.29, 0.717) is 18.7 Å². The molecule has 0 spiro atoms. The Hall–Kier alpha value is -2.92. The van der Waals surface area contributed by atoms with E-state index in [0.717, 1.165) is 34.5 Å². The molecule has 0 unspecified atom stereocenters. The number of ether oxygens (including phenoxy) is 1. The van der Waals surface area contributed by atoms with Gasteiger partial charge in [0.1, 0.15) is 5.75 Å². The number of pyridine rings is 1. The standard InChI is InChI=1S/C24H27N3O2/c1-2-29-19-11-9-18(10-12-19)23-17-21(20-7-3-4-8-22(20)26-23)24(28)25-13-16-27-14-5-6-15-27/h3-4,7-12,17H,2,5-6,13-16H2,1H3,(H,25,28)/p+1. The summed E-state index contributed by atoms with van der Waals surface area (Å²) in [6, 6.07) is 17.6. The van der Waals surface area contributed by atoms with Gasteiger partial charge >= 0.3 is 0 Å². The Balaban J connectivity index is 1.59. The molecule has 150 valence electrons. The number of likely N-dealkylation sites (tertiary alicyclic amines) is 1. The van der Waals surface area contributed by atoms with Crippen LogP contribution in [0.25, 0.3) is 22.2 Å². The number of nitrogens with one attached hydrogen (secondary N) is 2. The molecule has 1 fully saturated rings. The van der Waals surface area contributed by atoms with Crippen LogP contribution in [0.2, 0.25) is 0 Å². The van der Waals surface area contributed by atoms with Crippen molar-refractivity contribution in [1.82, 2.24) is 10.3 Å². The fourth-order valence-electron chi connectivity index (χ4n) is 3.97. The fraction of sp³-hybridized carbons (Fsp3) is 0.333. The van der Waals surface area contributed by atoms with Gasteiger partial charge in [0, 0.05) is 23.8 Å². The summed E-state index contributed by atoms with van der Waals surface area (Å²) in [4.78, 5) is 19.4. The molecule has 0 atom stereocenters. The van der Waals surface area contributed by atoms with Gasteiger partial charge in [-0.25, -0.2) is 4.98 Å². The number of fused-ring (bicyclic) bond motifs is 1. The summed E-state index contributed by atoms with van der Waals surface area (Å²) in [5, 5.41) is 4.00. The number of quaternary nitrogens is 1. The van der Waals surface area contributed by atoms with Crippen LogP contribution in [0.3, 0.4) is 0 Å². The second kappa shape index (κ2) is 9.05. The van der Waals surface area contributed by atoms with Gasteiger partial charge < -0.3 is 15.0 Å². The quantitative estimate of drug-likeness (QED) is 0.652. The van der Waals surface area contributed by atoms with Gasteiger partial charge in [0.05, 0.1) is 49.6 Å². The van der Waals surface area contributed by atoms with E-state index < -0.39 is 0 Å². The Kier molecular flexibility index (Phi) is 6.06. The number of rotatable bonds is 7. The molecule has 2 aromatic carbocycles. The van der Waals surface area contributed by atoms with E-state index in [1.54, 1.807) is 4.90 Å². The predicted octanol–water partition coefficient (Wildman–Crippen LogP) is 2.71. The monoisotopic (exact) mass is 390 g/mol. The predicted molar refractivity (Wildman–Crippen MR) is 115 cm³/mol. The molecule has 0 radical (unpaired) electrons. The lowest BCUT2D eigenvalue weighted by atomic mass is 10.0. The molecule has 0 bridgehead atoms. The molecule has 0 saturated carbocycles. The van der Waals surface area contributed by atoms with Crippen LogP contribution in [0.1, 0.15) is 30.1 Å². The summed E-state index contributed by atoms with van der Waals surface area (Å²) < 4.78 is 5.53. The van der Waals surface area contributed by atoms with Crippen LogP contribution >= 0.6 is 0 Å². The molecule has 1 aliphatic rings. The highest BCUT2D eigenvalue weighted by atomic mass is 16.5. The Labute approximate surface area is 171 Å². The van der Waals surface area contributed by atoms with Crippen molar-refractivity contribution in [1.29, 1.82) is 0 Å². The summed E-state index contributed by atoms with van der Waals surface area (Å²) in [6.45, 7) is 6.72. The highest BCUT2D eigenvalue weighted by Gasteiger charge is 2.17. The van der Waals surface area contributed by atoms with E-state index in [1.165, 1.54) is 25.9 Å². The van der Waals surface area contributed by atoms with Gasteiger partial charge in [0.15, 0.2) is 0 Å². The van der Waals surface area contributed by atoms with Gasteiger partial charge in [-0.05, 0) is 43.3 Å². The first kappa shape index (κ1) is 19.4. The smallest absolute Gasteiger partial charge is 0.252 e. The molecule has 1 aromatic heterocycles. The average molecular weight is 391 g/mol. The van der Waals surface area contributed by atoms with Crippen LogP contribution in [0.5, 0.6) is 5.75 Å². The van der Waals surface area contributed by atoms with Crippen molar-refractivity contribution in [2.45, 2.75) is 19.8 Å². The zero-order valence-electron chi connectivity index (χ0n) is 16.9. The van der Waals surface area contributed by atoms with Crippen LogP contribution < -0.4 is 15.0 Å². The van der Waals surface area contributed by atoms with E-state index in [9.17, 15) is 4.79 Å². The van der Waals surface area contributed by atoms with Gasteiger partial charge in [-0.3, -0.25) is 4.79 Å². The number of hydrogen-bond acceptors (Lipinski definition) is 3. The Bertz CT molecular complexity index is 979. The van der Waals surface area contributed by atoms with Crippen LogP contribution in [0, 0.1) is 0 Å². The Morgan fingerprint density at radius 3 is 2.62 bits per heavy atom. The molecule has 3 aromatic rings. The Morgan fingerprint density at radius 2 is 1.86 bits per heavy atom. The van der Waals surface area contributed by atoms with Crippen molar-refractivity contribution < 1.29 is 14.4 Å². The third-order valence-electron chi connectivity index (χ3n) is 5.50. The first-order valence-corrected chi connectivity index (χ1v) is 10.5. The summed E-state index contributed by atoms with van der Waals surface area (Å²) in [6.07, 6.45) is 2.59. The third-order valence-corrected chi connectivity index (χ3v) is 5.50. The van der Waals surface area contributed by atoms with Gasteiger partial charge in [-0.2, -0.15) is 0 Å². The lowest BCUT2D eigenvalue weighted by Crippen LogP contribution is -3.10. The summed E-state index contributed by atoms with van der Waals surface area (Å²) in [5.74, 6) is 0.800. The molecule has 1 aliphatic heterocycles. The second-order valence-electron chi connectivity index (χ2n) is 7.49. The lowest BCUT2D eigenvalue weighted by molar-refractivity contribution is -0.886. The molecule has 4 rings (SSSR count). The molecule has 2 heterocycles. The lowest BCUT2D eigenvalue weighted by Gasteiger charge is -2.14. The first-order valence-electron chi connectivity index (χ1n) is 10.5. The molecule has 1 amide bonds. The van der Waals surface area contributed by atoms with E-state index in [2.05, 4.69) is 5.32 Å². The normalized spacial score (nSPS) is 14.2. The van der Waals surface area contributed by atoms with Crippen LogP contribution in [0.4, 0.5) is 0 Å². The number of amides is 1. The number of hydrogen-bond donors (Lipinski definition) is 2. The number of nitrogens with zero attached hydrogens (tertiary/aromatic N) is 1. The van der Waals surface area contributed by atoms with Crippen molar-refractivity contribution in [3.8, 4) is 17.0 Å². The van der Waals surface area contributed by atoms with Crippen molar-refractivity contribution in [3.05, 3.63) is 60.2 Å². The SMILES string of the molecule is CCOc1ccc(-c2cc(C(=O)NCC[NH+]3CCCC3)c3ccccc3n2)cc1. The number of aromatic nitrogens is 1. The zero-order chi connectivity index (χ0) is 20.1. The van der Waals surface area contributed by atoms with E-state index in [1.807, 2.05) is 61.5 Å². The van der Waals surface area contributed by atoms with E-state index in [-0.39, 0.29) is 5.91 Å². The summed E-state index contributed by atoms with van der Waals surface area (Å²) in [7, 11) is 0. The van der Waals surface area contributed by atoms with Gasteiger partial charge in [-0.1, -0.05) is 18.2 Å². The number of carbonyl (C=O) groups is 1. The van der Waals surface area contributed by atoms with E-state index >= 15 is 0 Å². The maximum atomic E-state index is 13.0. The second-order valence-corrected chi connectivity index (χ2v) is 7.49. The minimum Gasteiger partial charge on any atom is -0.494 e. The molecule has 0 aliphatic carbocycles. The van der Waals surface area contributed by atoms with Crippen LogP contribution in [0.15, 0.2) is 54.6 Å². The van der Waals surface area contributed by atoms with Crippen molar-refractivity contribution in [2.24, 2.45) is 0 Å². The number of benzene rings is 2. The van der Waals surface area contributed by atoms with Gasteiger partial charge in [0.2, 0.25) is 0 Å². The molecule has 5 nitrogen and oxygen atoms in total. The molecule has 29 heavy (non-hydrogen) atoms. The highest BCUT2D eigenvalue weighted by molar-refractivity contribution is 6.07.